The lowest BCUT2D eigenvalue weighted by molar-refractivity contribution is -0.292. The molecule has 0 radical (unpaired) electrons. The van der Waals surface area contributed by atoms with E-state index in [4.69, 9.17) is 0 Å². The second-order valence-electron chi connectivity index (χ2n) is 1.76. The maximum Gasteiger partial charge on any atom is 0.419 e. The number of ether oxygens (including phenoxy) is 1. The third-order valence-corrected chi connectivity index (χ3v) is 1.19. The van der Waals surface area contributed by atoms with Gasteiger partial charge in [0, 0.05) is 0 Å². The van der Waals surface area contributed by atoms with E-state index in [0.29, 0.717) is 0 Å². The highest BCUT2D eigenvalue weighted by molar-refractivity contribution is 7.43. The molecule has 0 saturated carbocycles. The third kappa shape index (κ3) is 4.27. The highest BCUT2D eigenvalue weighted by atomic mass is 31.1. The van der Waals surface area contributed by atoms with Crippen molar-refractivity contribution in [1.82, 2.24) is 0 Å². The van der Waals surface area contributed by atoms with Crippen LogP contribution >= 0.6 is 7.80 Å². The molecule has 0 aromatic carbocycles. The maximum absolute atomic E-state index is 11.8. The minimum atomic E-state index is -4.49. The van der Waals surface area contributed by atoms with Crippen molar-refractivity contribution in [1.29, 1.82) is 0 Å². The first-order valence-electron chi connectivity index (χ1n) is 2.54. The van der Waals surface area contributed by atoms with E-state index in [0.717, 1.165) is 6.66 Å². The Morgan fingerprint density at radius 3 is 2.27 bits per heavy atom. The van der Waals surface area contributed by atoms with Gasteiger partial charge >= 0.3 is 20.3 Å². The van der Waals surface area contributed by atoms with Crippen LogP contribution in [0, 0.1) is 0 Å². The first kappa shape index (κ1) is 10.8. The van der Waals surface area contributed by atoms with Crippen molar-refractivity contribution in [2.75, 3.05) is 13.0 Å². The molecule has 0 rings (SSSR count). The van der Waals surface area contributed by atoms with Crippen molar-refractivity contribution in [3.05, 3.63) is 0 Å². The van der Waals surface area contributed by atoms with Crippen LogP contribution < -0.4 is 0 Å². The van der Waals surface area contributed by atoms with Crippen LogP contribution in [0.25, 0.3) is 0 Å². The Hall–Kier alpha value is -0.220. The van der Waals surface area contributed by atoms with Crippen LogP contribution in [0.5, 0.6) is 0 Å². The minimum absolute atomic E-state index is 0.854. The second-order valence-corrected chi connectivity index (χ2v) is 3.28. The van der Waals surface area contributed by atoms with Crippen LogP contribution in [0.15, 0.2) is 0 Å². The summed E-state index contributed by atoms with van der Waals surface area (Å²) >= 11 is 0. The molecule has 0 amide bonds. The molecule has 7 heteroatoms. The summed E-state index contributed by atoms with van der Waals surface area (Å²) < 4.78 is 59.7. The Morgan fingerprint density at radius 2 is 2.00 bits per heavy atom. The molecule has 1 unspecified atom stereocenters. The molecule has 2 nitrogen and oxygen atoms in total. The van der Waals surface area contributed by atoms with Crippen molar-refractivity contribution >= 4 is 7.80 Å². The summed E-state index contributed by atoms with van der Waals surface area (Å²) in [4.78, 5) is 0. The van der Waals surface area contributed by atoms with Gasteiger partial charge in [-0.1, -0.05) is 4.57 Å². The van der Waals surface area contributed by atoms with Gasteiger partial charge in [-0.3, -0.25) is 4.74 Å². The largest absolute Gasteiger partial charge is 0.419 e. The number of halogens is 4. The Kier molecular flexibility index (Phi) is 3.89. The molecule has 0 aromatic heterocycles. The van der Waals surface area contributed by atoms with E-state index in [1.54, 1.807) is 0 Å². The standard InChI is InChI=1S/C4H6F4O2P/c1-11(9)2-10-4(7,8)3(5)6/h3H,2H2,1H3/q+1. The number of hydrogen-bond acceptors (Lipinski definition) is 2. The summed E-state index contributed by atoms with van der Waals surface area (Å²) in [5.74, 6) is 0. The van der Waals surface area contributed by atoms with Crippen molar-refractivity contribution in [2.24, 2.45) is 0 Å². The zero-order chi connectivity index (χ0) is 9.07. The molecular formula is C4H6F4O2P+. The second kappa shape index (κ2) is 3.97. The third-order valence-electron chi connectivity index (χ3n) is 0.693. The smallest absolute Gasteiger partial charge is 0.269 e. The van der Waals surface area contributed by atoms with Crippen LogP contribution in [0.1, 0.15) is 0 Å². The fourth-order valence-electron chi connectivity index (χ4n) is 0.240. The molecule has 0 aliphatic rings. The van der Waals surface area contributed by atoms with E-state index in [2.05, 4.69) is 4.74 Å². The monoisotopic (exact) mass is 193 g/mol. The van der Waals surface area contributed by atoms with E-state index in [-0.39, 0.29) is 0 Å². The molecule has 0 saturated heterocycles. The van der Waals surface area contributed by atoms with Crippen molar-refractivity contribution in [2.45, 2.75) is 12.5 Å². The van der Waals surface area contributed by atoms with Gasteiger partial charge in [-0.2, -0.15) is 8.78 Å². The minimum Gasteiger partial charge on any atom is -0.269 e. The Balaban J connectivity index is 3.82. The summed E-state index contributed by atoms with van der Waals surface area (Å²) in [6, 6.07) is 0. The van der Waals surface area contributed by atoms with Gasteiger partial charge in [0.15, 0.2) is 0 Å². The van der Waals surface area contributed by atoms with E-state index in [1.807, 2.05) is 0 Å². The molecule has 0 fully saturated rings. The van der Waals surface area contributed by atoms with Crippen LogP contribution in [0.2, 0.25) is 0 Å². The molecule has 0 aliphatic heterocycles. The number of rotatable bonds is 4. The highest BCUT2D eigenvalue weighted by Crippen LogP contribution is 2.27. The summed E-state index contributed by atoms with van der Waals surface area (Å²) in [5.41, 5.74) is 0. The summed E-state index contributed by atoms with van der Waals surface area (Å²) in [5, 5.41) is 0. The highest BCUT2D eigenvalue weighted by Gasteiger charge is 2.43. The van der Waals surface area contributed by atoms with Gasteiger partial charge in [-0.15, -0.1) is 0 Å². The zero-order valence-corrected chi connectivity index (χ0v) is 6.45. The van der Waals surface area contributed by atoms with Gasteiger partial charge in [-0.25, -0.2) is 8.78 Å². The Bertz CT molecular complexity index is 149. The first-order chi connectivity index (χ1) is 4.86. The van der Waals surface area contributed by atoms with Gasteiger partial charge in [0.1, 0.15) is 6.66 Å². The van der Waals surface area contributed by atoms with Gasteiger partial charge in [0.25, 0.3) is 0 Å². The lowest BCUT2D eigenvalue weighted by atomic mass is 10.7. The normalized spacial score (nSPS) is 13.8. The molecule has 0 heterocycles. The van der Waals surface area contributed by atoms with Crippen molar-refractivity contribution in [3.8, 4) is 0 Å². The molecule has 0 N–H and O–H groups in total. The van der Waals surface area contributed by atoms with E-state index in [9.17, 15) is 22.1 Å². The zero-order valence-electron chi connectivity index (χ0n) is 5.56. The van der Waals surface area contributed by atoms with E-state index in [1.165, 1.54) is 0 Å². The Labute approximate surface area is 61.3 Å². The summed E-state index contributed by atoms with van der Waals surface area (Å²) in [6.07, 6.45) is -9.22. The molecule has 0 aliphatic carbocycles. The van der Waals surface area contributed by atoms with Gasteiger partial charge < -0.3 is 0 Å². The fourth-order valence-corrected chi connectivity index (χ4v) is 0.594. The van der Waals surface area contributed by atoms with Gasteiger partial charge in [0.05, 0.1) is 0 Å². The predicted molar refractivity (Wildman–Crippen MR) is 30.4 cm³/mol. The lowest BCUT2D eigenvalue weighted by Gasteiger charge is -2.11. The quantitative estimate of drug-likeness (QED) is 0.505. The number of alkyl halides is 4. The molecule has 66 valence electrons. The SMILES string of the molecule is C[P+](=O)COC(F)(F)C(F)F. The summed E-state index contributed by atoms with van der Waals surface area (Å²) in [7, 11) is -1.98. The van der Waals surface area contributed by atoms with Crippen LogP contribution in [-0.4, -0.2) is 25.5 Å². The lowest BCUT2D eigenvalue weighted by Crippen LogP contribution is -2.29. The average molecular weight is 193 g/mol. The topological polar surface area (TPSA) is 26.3 Å². The molecular weight excluding hydrogens is 187 g/mol. The van der Waals surface area contributed by atoms with E-state index < -0.39 is 26.7 Å². The molecule has 11 heavy (non-hydrogen) atoms. The predicted octanol–water partition coefficient (Wildman–Crippen LogP) is 2.28. The van der Waals surface area contributed by atoms with Gasteiger partial charge in [0.2, 0.25) is 6.35 Å². The molecule has 1 atom stereocenters. The van der Waals surface area contributed by atoms with Crippen LogP contribution in [0.4, 0.5) is 17.6 Å². The fraction of sp³-hybridized carbons (Fsp3) is 1.00. The molecule has 0 bridgehead atoms. The summed E-state index contributed by atoms with van der Waals surface area (Å²) in [6.45, 7) is 1.11. The number of hydrogen-bond donors (Lipinski definition) is 0. The van der Waals surface area contributed by atoms with Crippen molar-refractivity contribution < 1.29 is 26.9 Å². The Morgan fingerprint density at radius 1 is 1.55 bits per heavy atom. The van der Waals surface area contributed by atoms with Crippen LogP contribution in [0.3, 0.4) is 0 Å². The first-order valence-corrected chi connectivity index (χ1v) is 4.43. The molecule has 0 aromatic rings. The van der Waals surface area contributed by atoms with Gasteiger partial charge in [-0.05, 0) is 0 Å². The van der Waals surface area contributed by atoms with E-state index >= 15 is 0 Å². The van der Waals surface area contributed by atoms with Crippen molar-refractivity contribution in [3.63, 3.8) is 0 Å². The average Bonchev–Trinajstić information content (AvgIpc) is 1.84. The maximum atomic E-state index is 11.8. The molecule has 0 spiro atoms. The van der Waals surface area contributed by atoms with Crippen LogP contribution in [-0.2, 0) is 9.30 Å².